The highest BCUT2D eigenvalue weighted by molar-refractivity contribution is 8.16. The first-order valence-electron chi connectivity index (χ1n) is 12.4. The maximum absolute atomic E-state index is 13.2. The van der Waals surface area contributed by atoms with E-state index >= 15 is 0 Å². The fourth-order valence-corrected chi connectivity index (χ4v) is 5.63. The highest BCUT2D eigenvalue weighted by atomic mass is 32.2. The molecule has 1 amide bonds. The third-order valence-corrected chi connectivity index (χ3v) is 7.31. The van der Waals surface area contributed by atoms with Crippen molar-refractivity contribution in [3.8, 4) is 11.5 Å². The Labute approximate surface area is 221 Å². The molecule has 1 N–H and O–H groups in total. The average molecular weight is 531 g/mol. The van der Waals surface area contributed by atoms with Gasteiger partial charge in [0, 0.05) is 37.4 Å². The van der Waals surface area contributed by atoms with Crippen LogP contribution in [0.5, 0.6) is 11.5 Å². The van der Waals surface area contributed by atoms with E-state index in [0.29, 0.717) is 34.5 Å². The molecule has 0 saturated carbocycles. The van der Waals surface area contributed by atoms with Gasteiger partial charge >= 0.3 is 5.97 Å². The summed E-state index contributed by atoms with van der Waals surface area (Å²) in [5.41, 5.74) is 2.43. The van der Waals surface area contributed by atoms with Gasteiger partial charge in [0.05, 0.1) is 57.8 Å². The zero-order chi connectivity index (χ0) is 26.4. The number of nitrogens with one attached hydrogen (secondary N) is 1. The van der Waals surface area contributed by atoms with Gasteiger partial charge < -0.3 is 29.2 Å². The van der Waals surface area contributed by atoms with Crippen molar-refractivity contribution in [2.75, 3.05) is 60.2 Å². The quantitative estimate of drug-likeness (QED) is 0.458. The van der Waals surface area contributed by atoms with Crippen molar-refractivity contribution in [2.24, 2.45) is 4.99 Å². The van der Waals surface area contributed by atoms with E-state index in [9.17, 15) is 9.59 Å². The first-order chi connectivity index (χ1) is 18.0. The number of fused-ring (bicyclic) bond motifs is 1. The third kappa shape index (κ3) is 5.94. The van der Waals surface area contributed by atoms with Gasteiger partial charge in [-0.3, -0.25) is 9.69 Å². The van der Waals surface area contributed by atoms with Gasteiger partial charge in [-0.05, 0) is 25.3 Å². The molecule has 1 aromatic rings. The summed E-state index contributed by atoms with van der Waals surface area (Å²) in [4.78, 5) is 35.0. The van der Waals surface area contributed by atoms with Crippen molar-refractivity contribution in [1.82, 2.24) is 15.1 Å². The summed E-state index contributed by atoms with van der Waals surface area (Å²) in [5, 5.41) is 5.63. The fourth-order valence-electron chi connectivity index (χ4n) is 4.67. The minimum absolute atomic E-state index is 0.0957. The van der Waals surface area contributed by atoms with Gasteiger partial charge in [-0.25, -0.2) is 9.79 Å². The van der Waals surface area contributed by atoms with E-state index in [0.717, 1.165) is 44.1 Å². The average Bonchev–Trinajstić information content (AvgIpc) is 3.29. The van der Waals surface area contributed by atoms with Gasteiger partial charge in [0.2, 0.25) is 5.91 Å². The molecule has 10 nitrogen and oxygen atoms in total. The molecule has 1 atom stereocenters. The maximum Gasteiger partial charge on any atom is 0.338 e. The van der Waals surface area contributed by atoms with Crippen LogP contribution in [0.2, 0.25) is 0 Å². The van der Waals surface area contributed by atoms with Crippen LogP contribution in [0.4, 0.5) is 0 Å². The number of rotatable bonds is 10. The number of carbonyl (C=O) groups excluding carboxylic acids is 2. The molecule has 3 aliphatic rings. The molecule has 3 heterocycles. The van der Waals surface area contributed by atoms with E-state index in [2.05, 4.69) is 10.2 Å². The first kappa shape index (κ1) is 27.0. The smallest absolute Gasteiger partial charge is 0.338 e. The van der Waals surface area contributed by atoms with Gasteiger partial charge in [0.15, 0.2) is 16.7 Å². The Balaban J connectivity index is 1.60. The van der Waals surface area contributed by atoms with Crippen LogP contribution in [-0.2, 0) is 19.1 Å². The van der Waals surface area contributed by atoms with Crippen LogP contribution in [0, 0.1) is 0 Å². The van der Waals surface area contributed by atoms with E-state index in [4.69, 9.17) is 23.9 Å². The van der Waals surface area contributed by atoms with Crippen LogP contribution in [-0.4, -0.2) is 87.1 Å². The Morgan fingerprint density at radius 2 is 2.00 bits per heavy atom. The molecular weight excluding hydrogens is 496 g/mol. The molecule has 0 bridgehead atoms. The number of morpholine rings is 1. The molecule has 200 valence electrons. The van der Waals surface area contributed by atoms with Crippen molar-refractivity contribution in [2.45, 2.75) is 26.3 Å². The van der Waals surface area contributed by atoms with Gasteiger partial charge in [0.25, 0.3) is 0 Å². The molecule has 11 heteroatoms. The Hall–Kier alpha value is -3.02. The number of hydrogen-bond acceptors (Lipinski definition) is 10. The lowest BCUT2D eigenvalue weighted by Crippen LogP contribution is -2.42. The Bertz CT molecular complexity index is 1110. The van der Waals surface area contributed by atoms with Gasteiger partial charge in [-0.15, -0.1) is 0 Å². The minimum Gasteiger partial charge on any atom is -0.493 e. The molecule has 4 rings (SSSR count). The largest absolute Gasteiger partial charge is 0.493 e. The lowest BCUT2D eigenvalue weighted by Gasteiger charge is -2.37. The highest BCUT2D eigenvalue weighted by Crippen LogP contribution is 2.48. The number of nitrogens with zero attached hydrogens (tertiary/aromatic N) is 3. The maximum atomic E-state index is 13.2. The summed E-state index contributed by atoms with van der Waals surface area (Å²) in [6, 6.07) is 4.95. The second-order valence-electron chi connectivity index (χ2n) is 8.68. The molecule has 0 unspecified atom stereocenters. The van der Waals surface area contributed by atoms with Crippen molar-refractivity contribution >= 4 is 28.8 Å². The third-order valence-electron chi connectivity index (χ3n) is 6.42. The van der Waals surface area contributed by atoms with E-state index in [1.807, 2.05) is 22.4 Å². The number of thioether (sulfide) groups is 1. The predicted molar refractivity (Wildman–Crippen MR) is 141 cm³/mol. The number of allylic oxidation sites excluding steroid dienone is 1. The predicted octanol–water partition coefficient (Wildman–Crippen LogP) is 2.68. The summed E-state index contributed by atoms with van der Waals surface area (Å²) >= 11 is 1.43. The molecule has 1 fully saturated rings. The highest BCUT2D eigenvalue weighted by Gasteiger charge is 2.42. The number of ether oxygens (including phenoxy) is 4. The van der Waals surface area contributed by atoms with Crippen molar-refractivity contribution in [3.63, 3.8) is 0 Å². The van der Waals surface area contributed by atoms with Crippen LogP contribution >= 0.6 is 11.8 Å². The van der Waals surface area contributed by atoms with Gasteiger partial charge in [0.1, 0.15) is 0 Å². The van der Waals surface area contributed by atoms with Crippen LogP contribution in [0.3, 0.4) is 0 Å². The number of benzene rings is 1. The molecule has 1 saturated heterocycles. The van der Waals surface area contributed by atoms with Crippen LogP contribution < -0.4 is 14.8 Å². The fraction of sp³-hybridized carbons (Fsp3) is 0.500. The number of carbonyl (C=O) groups is 2. The van der Waals surface area contributed by atoms with Crippen LogP contribution in [0.1, 0.15) is 31.9 Å². The second-order valence-corrected chi connectivity index (χ2v) is 9.51. The lowest BCUT2D eigenvalue weighted by molar-refractivity contribution is -0.139. The van der Waals surface area contributed by atoms with E-state index < -0.39 is 12.0 Å². The van der Waals surface area contributed by atoms with Crippen molar-refractivity contribution in [1.29, 1.82) is 0 Å². The summed E-state index contributed by atoms with van der Waals surface area (Å²) in [7, 11) is 3.14. The minimum atomic E-state index is -0.598. The van der Waals surface area contributed by atoms with Crippen LogP contribution in [0.25, 0.3) is 0 Å². The number of amidine groups is 1. The number of amides is 1. The Morgan fingerprint density at radius 1 is 1.22 bits per heavy atom. The SMILES string of the molecule is CCOC(=O)C1=C(C)N=C2SC=C(CC(=O)NCCN3CCOCC3)N2[C@@H]1c1cccc(OC)c1OC. The number of aliphatic imine (C=N–C) groups is 1. The number of para-hydroxylation sites is 1. The molecule has 0 radical (unpaired) electrons. The zero-order valence-corrected chi connectivity index (χ0v) is 22.6. The number of hydrogen-bond donors (Lipinski definition) is 1. The molecule has 0 aliphatic carbocycles. The molecular formula is C26H34N4O6S. The van der Waals surface area contributed by atoms with E-state index in [1.54, 1.807) is 34.1 Å². The summed E-state index contributed by atoms with van der Waals surface area (Å²) in [6.07, 6.45) is 0.146. The lowest BCUT2D eigenvalue weighted by atomic mass is 9.92. The summed E-state index contributed by atoms with van der Waals surface area (Å²) < 4.78 is 22.1. The normalized spacial score (nSPS) is 19.7. The monoisotopic (exact) mass is 530 g/mol. The van der Waals surface area contributed by atoms with E-state index in [-0.39, 0.29) is 18.9 Å². The summed E-state index contributed by atoms with van der Waals surface area (Å²) in [6.45, 7) is 8.32. The molecule has 3 aliphatic heterocycles. The van der Waals surface area contributed by atoms with Crippen LogP contribution in [0.15, 0.2) is 45.6 Å². The second kappa shape index (κ2) is 12.5. The van der Waals surface area contributed by atoms with Crippen molar-refractivity contribution in [3.05, 3.63) is 46.1 Å². The number of esters is 1. The van der Waals surface area contributed by atoms with Gasteiger partial charge in [-0.1, -0.05) is 23.9 Å². The first-order valence-corrected chi connectivity index (χ1v) is 13.3. The molecule has 1 aromatic carbocycles. The van der Waals surface area contributed by atoms with E-state index in [1.165, 1.54) is 11.8 Å². The molecule has 37 heavy (non-hydrogen) atoms. The Morgan fingerprint density at radius 3 is 2.70 bits per heavy atom. The number of methoxy groups -OCH3 is 2. The standard InChI is InChI=1S/C26H34N4O6S/c1-5-36-25(32)22-17(2)28-26-30(23(22)19-7-6-8-20(33-3)24(19)34-4)18(16-37-26)15-21(31)27-9-10-29-11-13-35-14-12-29/h6-8,16,23H,5,9-15H2,1-4H3,(H,27,31)/t23-/m1/s1. The topological polar surface area (TPSA) is 102 Å². The van der Waals surface area contributed by atoms with Gasteiger partial charge in [-0.2, -0.15) is 0 Å². The Kier molecular flexibility index (Phi) is 9.12. The zero-order valence-electron chi connectivity index (χ0n) is 21.7. The molecule has 0 aromatic heterocycles. The molecule has 0 spiro atoms. The summed E-state index contributed by atoms with van der Waals surface area (Å²) in [5.74, 6) is 0.505. The van der Waals surface area contributed by atoms with Crippen molar-refractivity contribution < 1.29 is 28.5 Å².